The van der Waals surface area contributed by atoms with E-state index in [4.69, 9.17) is 4.74 Å². The maximum Gasteiger partial charge on any atom is 0.322 e. The number of anilines is 3. The van der Waals surface area contributed by atoms with Crippen LogP contribution in [0.4, 0.5) is 26.2 Å². The summed E-state index contributed by atoms with van der Waals surface area (Å²) in [4.78, 5) is 45.0. The standard InChI is InChI=1S/C34H34FN5O4/c1-38(23-24-8-4-3-5-9-24)33(42)28-22-26(36-32(41)25-12-15-27(44-2)16-13-25)14-17-31(28)39-18-20-40(21-19-39)34(43)37-30-11-7-6-10-29(30)35/h3-17,22H,18-21,23H2,1-2H3,(H,36,41)(H,37,43). The molecule has 0 aromatic heterocycles. The maximum atomic E-state index is 14.1. The second-order valence-electron chi connectivity index (χ2n) is 10.4. The fourth-order valence-corrected chi connectivity index (χ4v) is 5.05. The van der Waals surface area contributed by atoms with Gasteiger partial charge in [-0.1, -0.05) is 42.5 Å². The van der Waals surface area contributed by atoms with Gasteiger partial charge in [0.1, 0.15) is 11.6 Å². The summed E-state index contributed by atoms with van der Waals surface area (Å²) >= 11 is 0. The number of methoxy groups -OCH3 is 1. The Labute approximate surface area is 255 Å². The van der Waals surface area contributed by atoms with Gasteiger partial charge in [0.25, 0.3) is 11.8 Å². The van der Waals surface area contributed by atoms with Crippen LogP contribution in [0.2, 0.25) is 0 Å². The lowest BCUT2D eigenvalue weighted by molar-refractivity contribution is 0.0785. The summed E-state index contributed by atoms with van der Waals surface area (Å²) in [7, 11) is 3.30. The predicted molar refractivity (Wildman–Crippen MR) is 169 cm³/mol. The highest BCUT2D eigenvalue weighted by atomic mass is 19.1. The zero-order valence-corrected chi connectivity index (χ0v) is 24.6. The van der Waals surface area contributed by atoms with E-state index in [0.717, 1.165) is 5.56 Å². The number of hydrogen-bond donors (Lipinski definition) is 2. The fourth-order valence-electron chi connectivity index (χ4n) is 5.05. The Morgan fingerprint density at radius 1 is 0.841 bits per heavy atom. The van der Waals surface area contributed by atoms with Crippen LogP contribution in [0.1, 0.15) is 26.3 Å². The molecule has 10 heteroatoms. The Hall–Kier alpha value is -5.38. The lowest BCUT2D eigenvalue weighted by Gasteiger charge is -2.37. The largest absolute Gasteiger partial charge is 0.497 e. The van der Waals surface area contributed by atoms with Crippen molar-refractivity contribution in [2.75, 3.05) is 55.9 Å². The minimum atomic E-state index is -0.499. The molecule has 1 fully saturated rings. The van der Waals surface area contributed by atoms with Gasteiger partial charge >= 0.3 is 6.03 Å². The molecule has 0 bridgehead atoms. The van der Waals surface area contributed by atoms with Crippen molar-refractivity contribution in [2.24, 2.45) is 0 Å². The van der Waals surface area contributed by atoms with Crippen molar-refractivity contribution in [1.29, 1.82) is 0 Å². The van der Waals surface area contributed by atoms with Crippen LogP contribution >= 0.6 is 0 Å². The number of benzene rings is 4. The molecule has 0 saturated carbocycles. The van der Waals surface area contributed by atoms with Crippen molar-refractivity contribution in [2.45, 2.75) is 6.54 Å². The predicted octanol–water partition coefficient (Wildman–Crippen LogP) is 5.71. The molecule has 226 valence electrons. The molecule has 0 atom stereocenters. The van der Waals surface area contributed by atoms with E-state index in [0.29, 0.717) is 61.0 Å². The highest BCUT2D eigenvalue weighted by Gasteiger charge is 2.26. The first kappa shape index (κ1) is 30.1. The number of rotatable bonds is 8. The number of urea groups is 1. The van der Waals surface area contributed by atoms with Crippen molar-refractivity contribution < 1.29 is 23.5 Å². The van der Waals surface area contributed by atoms with Gasteiger partial charge in [0.05, 0.1) is 18.4 Å². The van der Waals surface area contributed by atoms with Crippen molar-refractivity contribution in [1.82, 2.24) is 9.80 Å². The van der Waals surface area contributed by atoms with Gasteiger partial charge < -0.3 is 30.1 Å². The molecule has 0 spiro atoms. The summed E-state index contributed by atoms with van der Waals surface area (Å²) < 4.78 is 19.2. The van der Waals surface area contributed by atoms with Gasteiger partial charge in [0.2, 0.25) is 0 Å². The molecular formula is C34H34FN5O4. The zero-order valence-electron chi connectivity index (χ0n) is 24.6. The highest BCUT2D eigenvalue weighted by Crippen LogP contribution is 2.28. The number of ether oxygens (including phenoxy) is 1. The van der Waals surface area contributed by atoms with E-state index in [1.807, 2.05) is 41.3 Å². The lowest BCUT2D eigenvalue weighted by atomic mass is 10.1. The summed E-state index contributed by atoms with van der Waals surface area (Å²) in [5, 5.41) is 5.53. The van der Waals surface area contributed by atoms with Gasteiger partial charge in [-0.3, -0.25) is 9.59 Å². The van der Waals surface area contributed by atoms with Crippen LogP contribution in [0.15, 0.2) is 97.1 Å². The molecular weight excluding hydrogens is 561 g/mol. The van der Waals surface area contributed by atoms with E-state index >= 15 is 0 Å². The van der Waals surface area contributed by atoms with E-state index in [-0.39, 0.29) is 23.5 Å². The van der Waals surface area contributed by atoms with E-state index in [1.165, 1.54) is 12.1 Å². The molecule has 1 saturated heterocycles. The molecule has 4 aromatic rings. The van der Waals surface area contributed by atoms with E-state index in [1.54, 1.807) is 72.5 Å². The molecule has 1 heterocycles. The molecule has 44 heavy (non-hydrogen) atoms. The van der Waals surface area contributed by atoms with Crippen molar-refractivity contribution in [3.05, 3.63) is 120 Å². The molecule has 9 nitrogen and oxygen atoms in total. The minimum absolute atomic E-state index is 0.126. The number of halogens is 1. The molecule has 0 aliphatic carbocycles. The summed E-state index contributed by atoms with van der Waals surface area (Å²) in [5.74, 6) is -0.374. The first-order valence-electron chi connectivity index (χ1n) is 14.3. The van der Waals surface area contributed by atoms with Crippen molar-refractivity contribution >= 4 is 34.9 Å². The Morgan fingerprint density at radius 3 is 2.20 bits per heavy atom. The van der Waals surface area contributed by atoms with Crippen LogP contribution in [0.25, 0.3) is 0 Å². The molecule has 2 N–H and O–H groups in total. The van der Waals surface area contributed by atoms with Crippen LogP contribution < -0.4 is 20.3 Å². The van der Waals surface area contributed by atoms with Crippen LogP contribution in [0.5, 0.6) is 5.75 Å². The van der Waals surface area contributed by atoms with Gasteiger partial charge in [-0.15, -0.1) is 0 Å². The summed E-state index contributed by atoms with van der Waals surface area (Å²) in [6, 6.07) is 27.4. The number of hydrogen-bond acceptors (Lipinski definition) is 5. The van der Waals surface area contributed by atoms with E-state index in [2.05, 4.69) is 10.6 Å². The first-order chi connectivity index (χ1) is 21.3. The number of nitrogens with zero attached hydrogens (tertiary/aromatic N) is 3. The zero-order chi connectivity index (χ0) is 31.1. The van der Waals surface area contributed by atoms with Crippen molar-refractivity contribution in [3.63, 3.8) is 0 Å². The molecule has 1 aliphatic heterocycles. The van der Waals surface area contributed by atoms with Gasteiger partial charge in [-0.25, -0.2) is 9.18 Å². The van der Waals surface area contributed by atoms with Crippen molar-refractivity contribution in [3.8, 4) is 5.75 Å². The topological polar surface area (TPSA) is 94.2 Å². The van der Waals surface area contributed by atoms with Crippen LogP contribution in [-0.4, -0.2) is 68.0 Å². The number of amides is 4. The van der Waals surface area contributed by atoms with Gasteiger partial charge in [-0.05, 0) is 60.2 Å². The highest BCUT2D eigenvalue weighted by molar-refractivity contribution is 6.06. The molecule has 4 amide bonds. The molecule has 0 unspecified atom stereocenters. The molecule has 5 rings (SSSR count). The number of para-hydroxylation sites is 1. The smallest absolute Gasteiger partial charge is 0.322 e. The van der Waals surface area contributed by atoms with Crippen LogP contribution in [0, 0.1) is 5.82 Å². The Bertz CT molecular complexity index is 1620. The minimum Gasteiger partial charge on any atom is -0.497 e. The summed E-state index contributed by atoms with van der Waals surface area (Å²) in [5.41, 5.74) is 3.18. The average molecular weight is 596 g/mol. The summed E-state index contributed by atoms with van der Waals surface area (Å²) in [6.45, 7) is 2.09. The second-order valence-corrected chi connectivity index (χ2v) is 10.4. The van der Waals surface area contributed by atoms with Crippen LogP contribution in [0.3, 0.4) is 0 Å². The normalized spacial score (nSPS) is 12.8. The molecule has 4 aromatic carbocycles. The lowest BCUT2D eigenvalue weighted by Crippen LogP contribution is -2.50. The monoisotopic (exact) mass is 595 g/mol. The summed E-state index contributed by atoms with van der Waals surface area (Å²) in [6.07, 6.45) is 0. The Morgan fingerprint density at radius 2 is 1.52 bits per heavy atom. The third-order valence-corrected chi connectivity index (χ3v) is 7.47. The van der Waals surface area contributed by atoms with Gasteiger partial charge in [-0.2, -0.15) is 0 Å². The Kier molecular flexibility index (Phi) is 9.39. The second kappa shape index (κ2) is 13.7. The molecule has 0 radical (unpaired) electrons. The number of nitrogens with one attached hydrogen (secondary N) is 2. The fraction of sp³-hybridized carbons (Fsp3) is 0.206. The Balaban J connectivity index is 1.34. The number of piperazine rings is 1. The van der Waals surface area contributed by atoms with E-state index in [9.17, 15) is 18.8 Å². The number of carbonyl (C=O) groups is 3. The maximum absolute atomic E-state index is 14.1. The average Bonchev–Trinajstić information content (AvgIpc) is 3.06. The molecule has 1 aliphatic rings. The SMILES string of the molecule is COc1ccc(C(=O)Nc2ccc(N3CCN(C(=O)Nc4ccccc4F)CC3)c(C(=O)N(C)Cc3ccccc3)c2)cc1. The number of carbonyl (C=O) groups excluding carboxylic acids is 3. The van der Waals surface area contributed by atoms with Gasteiger partial charge in [0, 0.05) is 56.7 Å². The third kappa shape index (κ3) is 7.15. The first-order valence-corrected chi connectivity index (χ1v) is 14.3. The van der Waals surface area contributed by atoms with Gasteiger partial charge in [0.15, 0.2) is 0 Å². The third-order valence-electron chi connectivity index (χ3n) is 7.47. The van der Waals surface area contributed by atoms with E-state index < -0.39 is 5.82 Å². The van der Waals surface area contributed by atoms with Crippen LogP contribution in [-0.2, 0) is 6.54 Å². The quantitative estimate of drug-likeness (QED) is 0.272.